The number of rotatable bonds is 5. The van der Waals surface area contributed by atoms with Crippen molar-refractivity contribution in [3.63, 3.8) is 0 Å². The number of benzene rings is 1. The van der Waals surface area contributed by atoms with Gasteiger partial charge in [0, 0.05) is 12.6 Å². The van der Waals surface area contributed by atoms with Gasteiger partial charge in [0.25, 0.3) is 5.91 Å². The Labute approximate surface area is 99.2 Å². The van der Waals surface area contributed by atoms with Crippen molar-refractivity contribution >= 4 is 5.91 Å². The second-order valence-corrected chi connectivity index (χ2v) is 3.16. The fraction of sp³-hybridized carbons (Fsp3) is 0.300. The molecule has 0 spiro atoms. The van der Waals surface area contributed by atoms with Crippen molar-refractivity contribution in [3.8, 4) is 5.75 Å². The minimum Gasteiger partial charge on any atom is -0.477 e. The number of carbonyl (C=O) groups is 1. The van der Waals surface area contributed by atoms with E-state index in [2.05, 4.69) is 10.1 Å². The summed E-state index contributed by atoms with van der Waals surface area (Å²) in [5, 5.41) is 10.5. The van der Waals surface area contributed by atoms with Crippen LogP contribution in [0.4, 0.5) is 17.6 Å². The fourth-order valence-corrected chi connectivity index (χ4v) is 1.06. The van der Waals surface area contributed by atoms with Crippen molar-refractivity contribution in [2.75, 3.05) is 19.8 Å². The van der Waals surface area contributed by atoms with Crippen molar-refractivity contribution in [2.24, 2.45) is 0 Å². The summed E-state index contributed by atoms with van der Waals surface area (Å²) in [7, 11) is 0. The van der Waals surface area contributed by atoms with E-state index in [9.17, 15) is 22.4 Å². The first kappa shape index (κ1) is 14.2. The normalized spacial score (nSPS) is 10.3. The summed E-state index contributed by atoms with van der Waals surface area (Å²) in [6, 6.07) is 0.0311. The van der Waals surface area contributed by atoms with Gasteiger partial charge in [0.05, 0.1) is 6.61 Å². The van der Waals surface area contributed by atoms with E-state index in [1.165, 1.54) is 0 Å². The van der Waals surface area contributed by atoms with E-state index in [1.807, 2.05) is 0 Å². The van der Waals surface area contributed by atoms with E-state index in [0.29, 0.717) is 0 Å². The Kier molecular flexibility index (Phi) is 4.90. The summed E-state index contributed by atoms with van der Waals surface area (Å²) in [5.74, 6) is -8.79. The molecule has 0 radical (unpaired) electrons. The molecule has 2 N–H and O–H groups in total. The molecule has 1 aromatic rings. The Morgan fingerprint density at radius 2 is 1.78 bits per heavy atom. The monoisotopic (exact) mass is 267 g/mol. The Hall–Kier alpha value is -1.83. The predicted octanol–water partition coefficient (Wildman–Crippen LogP) is 0.730. The lowest BCUT2D eigenvalue weighted by molar-refractivity contribution is -0.123. The molecule has 1 amide bonds. The van der Waals surface area contributed by atoms with Gasteiger partial charge in [0.15, 0.2) is 24.0 Å². The van der Waals surface area contributed by atoms with Gasteiger partial charge in [-0.2, -0.15) is 8.78 Å². The summed E-state index contributed by atoms with van der Waals surface area (Å²) in [5.41, 5.74) is 0. The van der Waals surface area contributed by atoms with Crippen LogP contribution in [0.25, 0.3) is 0 Å². The van der Waals surface area contributed by atoms with E-state index in [-0.39, 0.29) is 19.2 Å². The number of carbonyl (C=O) groups excluding carboxylic acids is 1. The molecule has 0 saturated heterocycles. The van der Waals surface area contributed by atoms with E-state index in [4.69, 9.17) is 5.11 Å². The van der Waals surface area contributed by atoms with Crippen LogP contribution >= 0.6 is 0 Å². The average Bonchev–Trinajstić information content (AvgIpc) is 2.34. The summed E-state index contributed by atoms with van der Waals surface area (Å²) in [4.78, 5) is 11.0. The third-order valence-electron chi connectivity index (χ3n) is 1.85. The van der Waals surface area contributed by atoms with Crippen LogP contribution in [0.3, 0.4) is 0 Å². The van der Waals surface area contributed by atoms with Crippen LogP contribution in [0, 0.1) is 23.3 Å². The van der Waals surface area contributed by atoms with Crippen LogP contribution in [0.5, 0.6) is 5.75 Å². The molecule has 18 heavy (non-hydrogen) atoms. The average molecular weight is 267 g/mol. The van der Waals surface area contributed by atoms with Crippen molar-refractivity contribution in [3.05, 3.63) is 29.3 Å². The molecule has 1 rings (SSSR count). The minimum atomic E-state index is -1.72. The van der Waals surface area contributed by atoms with E-state index < -0.39 is 41.5 Å². The molecule has 1 aromatic carbocycles. The molecule has 0 aliphatic heterocycles. The number of amides is 1. The number of aliphatic hydroxyl groups is 1. The molecule has 8 heteroatoms. The van der Waals surface area contributed by atoms with Gasteiger partial charge in [0.1, 0.15) is 0 Å². The molecular formula is C10H9F4NO3. The third-order valence-corrected chi connectivity index (χ3v) is 1.85. The van der Waals surface area contributed by atoms with Crippen LogP contribution in [0.15, 0.2) is 6.07 Å². The molecule has 0 atom stereocenters. The first-order valence-electron chi connectivity index (χ1n) is 4.80. The summed E-state index contributed by atoms with van der Waals surface area (Å²) >= 11 is 0. The predicted molar refractivity (Wildman–Crippen MR) is 51.9 cm³/mol. The minimum absolute atomic E-state index is 0.0311. The molecule has 0 heterocycles. The molecule has 0 saturated carbocycles. The highest BCUT2D eigenvalue weighted by molar-refractivity contribution is 5.77. The van der Waals surface area contributed by atoms with Crippen LogP contribution in [-0.4, -0.2) is 30.8 Å². The maximum Gasteiger partial charge on any atom is 0.258 e. The zero-order chi connectivity index (χ0) is 13.7. The zero-order valence-electron chi connectivity index (χ0n) is 8.97. The molecule has 0 aliphatic carbocycles. The van der Waals surface area contributed by atoms with Gasteiger partial charge >= 0.3 is 0 Å². The fourth-order valence-electron chi connectivity index (χ4n) is 1.06. The smallest absolute Gasteiger partial charge is 0.258 e. The Morgan fingerprint density at radius 3 is 2.28 bits per heavy atom. The van der Waals surface area contributed by atoms with E-state index >= 15 is 0 Å². The van der Waals surface area contributed by atoms with Gasteiger partial charge in [-0.3, -0.25) is 4.79 Å². The molecule has 0 bridgehead atoms. The second-order valence-electron chi connectivity index (χ2n) is 3.16. The lowest BCUT2D eigenvalue weighted by Gasteiger charge is -2.09. The molecule has 0 fully saturated rings. The maximum absolute atomic E-state index is 13.1. The number of hydrogen-bond acceptors (Lipinski definition) is 3. The molecule has 100 valence electrons. The van der Waals surface area contributed by atoms with E-state index in [0.717, 1.165) is 0 Å². The van der Waals surface area contributed by atoms with Crippen LogP contribution < -0.4 is 10.1 Å². The number of nitrogens with one attached hydrogen (secondary N) is 1. The lowest BCUT2D eigenvalue weighted by atomic mass is 10.3. The number of aliphatic hydroxyl groups excluding tert-OH is 1. The van der Waals surface area contributed by atoms with Crippen molar-refractivity contribution in [1.29, 1.82) is 0 Å². The van der Waals surface area contributed by atoms with Crippen LogP contribution in [0.1, 0.15) is 0 Å². The highest BCUT2D eigenvalue weighted by Crippen LogP contribution is 2.26. The van der Waals surface area contributed by atoms with Gasteiger partial charge in [-0.25, -0.2) is 8.78 Å². The number of ether oxygens (including phenoxy) is 1. The van der Waals surface area contributed by atoms with Crippen LogP contribution in [0.2, 0.25) is 0 Å². The molecule has 0 aliphatic rings. The van der Waals surface area contributed by atoms with Crippen molar-refractivity contribution in [1.82, 2.24) is 5.32 Å². The number of halogens is 4. The van der Waals surface area contributed by atoms with Crippen molar-refractivity contribution in [2.45, 2.75) is 0 Å². The van der Waals surface area contributed by atoms with E-state index in [1.54, 1.807) is 0 Å². The molecule has 0 unspecified atom stereocenters. The zero-order valence-corrected chi connectivity index (χ0v) is 8.97. The van der Waals surface area contributed by atoms with Gasteiger partial charge in [-0.15, -0.1) is 0 Å². The summed E-state index contributed by atoms with van der Waals surface area (Å²) < 4.78 is 56.0. The lowest BCUT2D eigenvalue weighted by Crippen LogP contribution is -2.31. The Balaban J connectivity index is 2.76. The Morgan fingerprint density at radius 1 is 1.22 bits per heavy atom. The standard InChI is InChI=1S/C10H9F4NO3/c11-5-3-6(12)9(14)10(8(5)13)18-4-7(17)15-1-2-16/h3,16H,1-2,4H2,(H,15,17). The maximum atomic E-state index is 13.1. The van der Waals surface area contributed by atoms with Gasteiger partial charge in [-0.05, 0) is 0 Å². The SMILES string of the molecule is O=C(COc1c(F)c(F)cc(F)c1F)NCCO. The summed E-state index contributed by atoms with van der Waals surface area (Å²) in [6.45, 7) is -1.25. The molecular weight excluding hydrogens is 258 g/mol. The molecule has 0 aromatic heterocycles. The topological polar surface area (TPSA) is 58.6 Å². The quantitative estimate of drug-likeness (QED) is 0.611. The van der Waals surface area contributed by atoms with Gasteiger partial charge in [-0.1, -0.05) is 0 Å². The highest BCUT2D eigenvalue weighted by atomic mass is 19.2. The van der Waals surface area contributed by atoms with Gasteiger partial charge in [0.2, 0.25) is 11.6 Å². The van der Waals surface area contributed by atoms with Crippen molar-refractivity contribution < 1.29 is 32.2 Å². The number of hydrogen-bond donors (Lipinski definition) is 2. The van der Waals surface area contributed by atoms with Gasteiger partial charge < -0.3 is 15.2 Å². The first-order valence-corrected chi connectivity index (χ1v) is 4.80. The summed E-state index contributed by atoms with van der Waals surface area (Å²) in [6.07, 6.45) is 0. The highest BCUT2D eigenvalue weighted by Gasteiger charge is 2.21. The third kappa shape index (κ3) is 3.33. The Bertz CT molecular complexity index is 427. The molecule has 4 nitrogen and oxygen atoms in total. The second kappa shape index (κ2) is 6.20. The largest absolute Gasteiger partial charge is 0.477 e. The van der Waals surface area contributed by atoms with Crippen LogP contribution in [-0.2, 0) is 4.79 Å². The first-order chi connectivity index (χ1) is 8.47.